The third kappa shape index (κ3) is 18.4. The minimum absolute atomic E-state index is 0.691. The van der Waals surface area contributed by atoms with Crippen molar-refractivity contribution in [3.8, 4) is 0 Å². The second-order valence-electron chi connectivity index (χ2n) is 12.1. The molecule has 1 aromatic rings. The SMILES string of the molecule is CCCCCCCCCCCCCCCCCCN(CSP(=S)(OCCCC)OCCCC)CN1NNc2ccccc21. The molecule has 0 saturated heterocycles. The third-order valence-corrected chi connectivity index (χ3v) is 13.4. The van der Waals surface area contributed by atoms with Gasteiger partial charge in [0.05, 0.1) is 37.1 Å². The van der Waals surface area contributed by atoms with E-state index in [1.54, 1.807) is 11.4 Å². The molecule has 1 aliphatic heterocycles. The van der Waals surface area contributed by atoms with Gasteiger partial charge in [-0.05, 0) is 43.2 Å². The van der Waals surface area contributed by atoms with E-state index in [0.29, 0.717) is 13.2 Å². The van der Waals surface area contributed by atoms with Crippen LogP contribution in [0, 0.1) is 0 Å². The van der Waals surface area contributed by atoms with Crippen molar-refractivity contribution in [1.82, 2.24) is 10.4 Å². The molecule has 0 unspecified atom stereocenters. The molecule has 0 radical (unpaired) electrons. The lowest BCUT2D eigenvalue weighted by Gasteiger charge is -2.30. The van der Waals surface area contributed by atoms with E-state index < -0.39 is 5.69 Å². The molecule has 0 aliphatic carbocycles. The molecule has 0 saturated carbocycles. The fourth-order valence-electron chi connectivity index (χ4n) is 5.28. The Morgan fingerprint density at radius 2 is 1.19 bits per heavy atom. The van der Waals surface area contributed by atoms with E-state index >= 15 is 0 Å². The number of hydrogen-bond donors (Lipinski definition) is 2. The summed E-state index contributed by atoms with van der Waals surface area (Å²) >= 11 is 7.73. The maximum Gasteiger partial charge on any atom is 0.248 e. The molecule has 0 spiro atoms. The number of hydrazine groups is 2. The minimum Gasteiger partial charge on any atom is -0.322 e. The van der Waals surface area contributed by atoms with Crippen LogP contribution in [0.15, 0.2) is 24.3 Å². The molecule has 250 valence electrons. The standard InChI is InChI=1S/C34H65N4O2PS2/c1-4-7-10-11-12-13-14-15-16-17-18-19-20-21-22-25-28-37(31-38-34-27-24-23-26-33(34)35-36-38)32-43-41(42,39-29-8-5-2)40-30-9-6-3/h23-24,26-27,35-36H,4-22,25,28-32H2,1-3H3. The Balaban J connectivity index is 1.70. The van der Waals surface area contributed by atoms with Crippen LogP contribution < -0.4 is 16.0 Å². The van der Waals surface area contributed by atoms with Gasteiger partial charge >= 0.3 is 0 Å². The van der Waals surface area contributed by atoms with Crippen LogP contribution in [0.4, 0.5) is 11.4 Å². The summed E-state index contributed by atoms with van der Waals surface area (Å²) in [6, 6.07) is 8.44. The fraction of sp³-hybridized carbons (Fsp3) is 0.824. The highest BCUT2D eigenvalue weighted by Gasteiger charge is 2.24. The zero-order valence-corrected chi connectivity index (χ0v) is 30.5. The first-order chi connectivity index (χ1) is 21.1. The second-order valence-corrected chi connectivity index (χ2v) is 18.4. The Labute approximate surface area is 275 Å². The zero-order valence-electron chi connectivity index (χ0n) is 28.0. The van der Waals surface area contributed by atoms with E-state index in [9.17, 15) is 0 Å². The average Bonchev–Trinajstić information content (AvgIpc) is 3.42. The molecule has 0 bridgehead atoms. The number of anilines is 2. The lowest BCUT2D eigenvalue weighted by atomic mass is 10.0. The number of hydrogen-bond acceptors (Lipinski definition) is 8. The summed E-state index contributed by atoms with van der Waals surface area (Å²) < 4.78 is 12.5. The van der Waals surface area contributed by atoms with Crippen LogP contribution in [0.5, 0.6) is 0 Å². The summed E-state index contributed by atoms with van der Waals surface area (Å²) in [5.74, 6) is 0.814. The van der Waals surface area contributed by atoms with E-state index in [1.165, 1.54) is 108 Å². The third-order valence-electron chi connectivity index (χ3n) is 8.08. The highest BCUT2D eigenvalue weighted by molar-refractivity contribution is 8.67. The molecule has 1 heterocycles. The maximum atomic E-state index is 6.23. The maximum absolute atomic E-state index is 6.23. The summed E-state index contributed by atoms with van der Waals surface area (Å²) in [5, 5.41) is 2.20. The Morgan fingerprint density at radius 1 is 0.698 bits per heavy atom. The normalized spacial score (nSPS) is 13.2. The second kappa shape index (κ2) is 25.8. The highest BCUT2D eigenvalue weighted by atomic mass is 32.9. The van der Waals surface area contributed by atoms with Crippen LogP contribution in [0.1, 0.15) is 149 Å². The predicted octanol–water partition coefficient (Wildman–Crippen LogP) is 11.4. The first-order valence-corrected chi connectivity index (χ1v) is 22.0. The average molecular weight is 657 g/mol. The first kappa shape index (κ1) is 38.8. The molecule has 2 rings (SSSR count). The molecule has 2 N–H and O–H groups in total. The van der Waals surface area contributed by atoms with Crippen LogP contribution in [0.25, 0.3) is 0 Å². The van der Waals surface area contributed by atoms with E-state index in [2.05, 4.69) is 65.9 Å². The molecular weight excluding hydrogens is 592 g/mol. The van der Waals surface area contributed by atoms with Crippen molar-refractivity contribution in [2.24, 2.45) is 0 Å². The van der Waals surface area contributed by atoms with Gasteiger partial charge in [0.25, 0.3) is 0 Å². The molecule has 6 nitrogen and oxygen atoms in total. The van der Waals surface area contributed by atoms with Crippen molar-refractivity contribution >= 4 is 40.3 Å². The summed E-state index contributed by atoms with van der Waals surface area (Å²) in [6.07, 6.45) is 26.6. The van der Waals surface area contributed by atoms with E-state index in [4.69, 9.17) is 20.9 Å². The van der Waals surface area contributed by atoms with E-state index in [1.807, 2.05) is 0 Å². The summed E-state index contributed by atoms with van der Waals surface area (Å²) in [4.78, 5) is 2.50. The predicted molar refractivity (Wildman–Crippen MR) is 195 cm³/mol. The van der Waals surface area contributed by atoms with Gasteiger partial charge in [-0.25, -0.2) is 0 Å². The smallest absolute Gasteiger partial charge is 0.248 e. The van der Waals surface area contributed by atoms with Crippen LogP contribution >= 0.6 is 17.1 Å². The van der Waals surface area contributed by atoms with Crippen LogP contribution in [-0.4, -0.2) is 37.2 Å². The number of para-hydroxylation sites is 2. The van der Waals surface area contributed by atoms with Gasteiger partial charge in [-0.1, -0.05) is 153 Å². The molecule has 0 amide bonds. The molecule has 1 aromatic carbocycles. The van der Waals surface area contributed by atoms with Gasteiger partial charge < -0.3 is 14.5 Å². The Bertz CT molecular complexity index is 836. The first-order valence-electron chi connectivity index (χ1n) is 17.8. The zero-order chi connectivity index (χ0) is 30.9. The Morgan fingerprint density at radius 3 is 1.72 bits per heavy atom. The lowest BCUT2D eigenvalue weighted by Crippen LogP contribution is -2.44. The van der Waals surface area contributed by atoms with Gasteiger partial charge in [-0.15, -0.1) is 5.53 Å². The highest BCUT2D eigenvalue weighted by Crippen LogP contribution is 2.61. The number of fused-ring (bicyclic) bond motifs is 1. The number of benzene rings is 1. The van der Waals surface area contributed by atoms with Crippen molar-refractivity contribution in [3.63, 3.8) is 0 Å². The number of rotatable bonds is 30. The van der Waals surface area contributed by atoms with Gasteiger partial charge in [0.1, 0.15) is 0 Å². The van der Waals surface area contributed by atoms with Crippen molar-refractivity contribution in [3.05, 3.63) is 24.3 Å². The molecule has 0 fully saturated rings. The minimum atomic E-state index is -2.37. The molecule has 0 atom stereocenters. The van der Waals surface area contributed by atoms with E-state index in [0.717, 1.165) is 50.5 Å². The molecule has 43 heavy (non-hydrogen) atoms. The summed E-state index contributed by atoms with van der Waals surface area (Å²) in [6.45, 7) is 9.89. The summed E-state index contributed by atoms with van der Waals surface area (Å²) in [7, 11) is 0. The quantitative estimate of drug-likeness (QED) is 0.0482. The van der Waals surface area contributed by atoms with Crippen molar-refractivity contribution in [2.75, 3.05) is 42.7 Å². The molecule has 9 heteroatoms. The summed E-state index contributed by atoms with van der Waals surface area (Å²) in [5.41, 5.74) is 6.58. The molecule has 0 aromatic heterocycles. The van der Waals surface area contributed by atoms with Gasteiger partial charge in [-0.3, -0.25) is 9.91 Å². The topological polar surface area (TPSA) is 49.0 Å². The van der Waals surface area contributed by atoms with Crippen LogP contribution in [0.2, 0.25) is 0 Å². The molecule has 1 aliphatic rings. The monoisotopic (exact) mass is 656 g/mol. The number of nitrogens with one attached hydrogen (secondary N) is 2. The number of nitrogens with zero attached hydrogens (tertiary/aromatic N) is 2. The van der Waals surface area contributed by atoms with E-state index in [-0.39, 0.29) is 0 Å². The van der Waals surface area contributed by atoms with Crippen LogP contribution in [0.3, 0.4) is 0 Å². The van der Waals surface area contributed by atoms with Crippen LogP contribution in [-0.2, 0) is 20.9 Å². The van der Waals surface area contributed by atoms with Gasteiger partial charge in [0.15, 0.2) is 0 Å². The fourth-order valence-corrected chi connectivity index (χ4v) is 9.40. The lowest BCUT2D eigenvalue weighted by molar-refractivity contribution is 0.252. The van der Waals surface area contributed by atoms with Crippen molar-refractivity contribution < 1.29 is 9.05 Å². The molecular formula is C34H65N4O2PS2. The van der Waals surface area contributed by atoms with Crippen molar-refractivity contribution in [1.29, 1.82) is 0 Å². The Kier molecular flexibility index (Phi) is 23.3. The Hall–Kier alpha value is -0.340. The van der Waals surface area contributed by atoms with Gasteiger partial charge in [-0.2, -0.15) is 0 Å². The van der Waals surface area contributed by atoms with Crippen molar-refractivity contribution in [2.45, 2.75) is 149 Å². The largest absolute Gasteiger partial charge is 0.322 e. The van der Waals surface area contributed by atoms with Gasteiger partial charge in [0, 0.05) is 6.54 Å². The number of unbranched alkanes of at least 4 members (excludes halogenated alkanes) is 17. The van der Waals surface area contributed by atoms with Gasteiger partial charge in [0.2, 0.25) is 5.69 Å².